The van der Waals surface area contributed by atoms with Crippen molar-refractivity contribution in [3.8, 4) is 0 Å². The quantitative estimate of drug-likeness (QED) is 0.302. The van der Waals surface area contributed by atoms with Crippen molar-refractivity contribution in [2.24, 2.45) is 0 Å². The van der Waals surface area contributed by atoms with Crippen LogP contribution in [-0.4, -0.2) is 63.5 Å². The van der Waals surface area contributed by atoms with Crippen molar-refractivity contribution in [2.75, 3.05) is 37.7 Å². The smallest absolute Gasteiger partial charge is 0.409 e. The fourth-order valence-electron chi connectivity index (χ4n) is 5.17. The Hall–Kier alpha value is -3.63. The van der Waals surface area contributed by atoms with E-state index in [2.05, 4.69) is 4.90 Å². The number of fused-ring (bicyclic) bond motifs is 1. The second kappa shape index (κ2) is 11.9. The number of nitrogens with zero attached hydrogens (tertiary/aromatic N) is 4. The Morgan fingerprint density at radius 2 is 1.73 bits per heavy atom. The van der Waals surface area contributed by atoms with Gasteiger partial charge in [0.15, 0.2) is 0 Å². The van der Waals surface area contributed by atoms with E-state index in [0.29, 0.717) is 60.7 Å². The monoisotopic (exact) mass is 576 g/mol. The third-order valence-electron chi connectivity index (χ3n) is 7.23. The van der Waals surface area contributed by atoms with Gasteiger partial charge in [0.2, 0.25) is 0 Å². The minimum Gasteiger partial charge on any atom is -0.450 e. The number of carbonyl (C=O) groups excluding carboxylic acids is 2. The normalized spacial score (nSPS) is 16.9. The summed E-state index contributed by atoms with van der Waals surface area (Å²) in [5.74, 6) is -0.204. The number of para-hydroxylation sites is 1. The Balaban J connectivity index is 1.55. The van der Waals surface area contributed by atoms with Crippen LogP contribution in [-0.2, 0) is 22.6 Å². The van der Waals surface area contributed by atoms with Gasteiger partial charge in [0.05, 0.1) is 34.8 Å². The topological polar surface area (TPSA) is 75.1 Å². The first-order chi connectivity index (χ1) is 19.3. The number of aromatic nitrogens is 1. The highest BCUT2D eigenvalue weighted by Gasteiger charge is 2.33. The highest BCUT2D eigenvalue weighted by molar-refractivity contribution is 8.26. The van der Waals surface area contributed by atoms with Crippen molar-refractivity contribution in [2.45, 2.75) is 33.9 Å². The molecule has 5 rings (SSSR count). The van der Waals surface area contributed by atoms with E-state index in [1.54, 1.807) is 27.4 Å². The summed E-state index contributed by atoms with van der Waals surface area (Å²) >= 11 is 6.82. The maximum Gasteiger partial charge on any atom is 0.409 e. The Bertz CT molecular complexity index is 1560. The third-order valence-corrected chi connectivity index (χ3v) is 8.61. The summed E-state index contributed by atoms with van der Waals surface area (Å²) in [5, 5.41) is 0.926. The molecule has 8 nitrogen and oxygen atoms in total. The van der Waals surface area contributed by atoms with Crippen LogP contribution in [0.4, 0.5) is 10.5 Å². The van der Waals surface area contributed by atoms with Gasteiger partial charge in [0.25, 0.3) is 11.5 Å². The van der Waals surface area contributed by atoms with E-state index in [0.717, 1.165) is 27.7 Å². The third kappa shape index (κ3) is 5.38. The molecule has 40 heavy (non-hydrogen) atoms. The van der Waals surface area contributed by atoms with Crippen LogP contribution in [0.25, 0.3) is 17.0 Å². The number of aryl methyl sites for hydroxylation is 2. The van der Waals surface area contributed by atoms with Crippen molar-refractivity contribution >= 4 is 63.0 Å². The van der Waals surface area contributed by atoms with Crippen LogP contribution >= 0.6 is 24.0 Å². The standard InChI is InChI=1S/C30H32N4O4S2/c1-4-33-24-9-7-6-8-22(24)26(31-14-16-32(17-15-31)29(37)38-5-2)23(27(33)35)18-25-28(36)34(30(39)40-25)19-21-12-10-20(3)11-13-21/h6-13,18H,4-5,14-17,19H2,1-3H3. The lowest BCUT2D eigenvalue weighted by atomic mass is 10.0. The second-order valence-electron chi connectivity index (χ2n) is 9.76. The number of hydrogen-bond acceptors (Lipinski definition) is 7. The molecular weight excluding hydrogens is 544 g/mol. The van der Waals surface area contributed by atoms with Crippen LogP contribution in [0.15, 0.2) is 58.2 Å². The van der Waals surface area contributed by atoms with Crippen molar-refractivity contribution in [1.29, 1.82) is 0 Å². The summed E-state index contributed by atoms with van der Waals surface area (Å²) in [7, 11) is 0. The van der Waals surface area contributed by atoms with Gasteiger partial charge in [-0.05, 0) is 38.5 Å². The number of ether oxygens (including phenoxy) is 1. The molecule has 10 heteroatoms. The average Bonchev–Trinajstić information content (AvgIpc) is 3.22. The zero-order chi connectivity index (χ0) is 28.4. The van der Waals surface area contributed by atoms with Gasteiger partial charge in [-0.2, -0.15) is 0 Å². The van der Waals surface area contributed by atoms with Crippen LogP contribution in [0.1, 0.15) is 30.5 Å². The van der Waals surface area contributed by atoms with E-state index in [1.165, 1.54) is 11.8 Å². The molecule has 2 fully saturated rings. The highest BCUT2D eigenvalue weighted by Crippen LogP contribution is 2.37. The molecule has 3 aromatic rings. The van der Waals surface area contributed by atoms with Gasteiger partial charge in [0.1, 0.15) is 4.32 Å². The van der Waals surface area contributed by atoms with E-state index in [-0.39, 0.29) is 17.6 Å². The van der Waals surface area contributed by atoms with Gasteiger partial charge in [-0.15, -0.1) is 0 Å². The van der Waals surface area contributed by atoms with E-state index >= 15 is 0 Å². The summed E-state index contributed by atoms with van der Waals surface area (Å²) < 4.78 is 7.40. The van der Waals surface area contributed by atoms with E-state index in [9.17, 15) is 14.4 Å². The lowest BCUT2D eigenvalue weighted by molar-refractivity contribution is -0.122. The number of pyridine rings is 1. The molecule has 0 aliphatic carbocycles. The van der Waals surface area contributed by atoms with E-state index < -0.39 is 0 Å². The molecule has 1 aromatic heterocycles. The number of amides is 2. The fourth-order valence-corrected chi connectivity index (χ4v) is 6.40. The predicted molar refractivity (Wildman–Crippen MR) is 165 cm³/mol. The zero-order valence-corrected chi connectivity index (χ0v) is 24.5. The van der Waals surface area contributed by atoms with Gasteiger partial charge >= 0.3 is 6.09 Å². The van der Waals surface area contributed by atoms with Gasteiger partial charge in [-0.3, -0.25) is 14.5 Å². The van der Waals surface area contributed by atoms with Crippen molar-refractivity contribution < 1.29 is 14.3 Å². The molecule has 0 N–H and O–H groups in total. The first-order valence-corrected chi connectivity index (χ1v) is 14.7. The number of piperazine rings is 1. The van der Waals surface area contributed by atoms with Crippen LogP contribution in [0, 0.1) is 6.92 Å². The molecular formula is C30H32N4O4S2. The summed E-state index contributed by atoms with van der Waals surface area (Å²) in [5.41, 5.74) is 4.05. The Morgan fingerprint density at radius 1 is 1.02 bits per heavy atom. The highest BCUT2D eigenvalue weighted by atomic mass is 32.2. The molecule has 0 spiro atoms. The van der Waals surface area contributed by atoms with E-state index in [1.807, 2.05) is 62.4 Å². The molecule has 0 saturated carbocycles. The molecule has 3 heterocycles. The fraction of sp³-hybridized carbons (Fsp3) is 0.333. The Morgan fingerprint density at radius 3 is 2.40 bits per heavy atom. The summed E-state index contributed by atoms with van der Waals surface area (Å²) in [6.07, 6.45) is 1.38. The molecule has 0 atom stereocenters. The number of benzene rings is 2. The number of rotatable bonds is 6. The number of thioether (sulfide) groups is 1. The molecule has 0 radical (unpaired) electrons. The van der Waals surface area contributed by atoms with Gasteiger partial charge in [-0.25, -0.2) is 4.79 Å². The van der Waals surface area contributed by atoms with Crippen LogP contribution < -0.4 is 10.5 Å². The SMILES string of the molecule is CCOC(=O)N1CCN(c2c(C=C3SC(=S)N(Cc4ccc(C)cc4)C3=O)c(=O)n(CC)c3ccccc23)CC1. The molecule has 2 aromatic carbocycles. The van der Waals surface area contributed by atoms with Crippen LogP contribution in [0.5, 0.6) is 0 Å². The van der Waals surface area contributed by atoms with Crippen molar-refractivity contribution in [3.63, 3.8) is 0 Å². The molecule has 2 amide bonds. The molecule has 2 aliphatic rings. The summed E-state index contributed by atoms with van der Waals surface area (Å²) in [6.45, 7) is 8.96. The largest absolute Gasteiger partial charge is 0.450 e. The number of carbonyl (C=O) groups is 2. The summed E-state index contributed by atoms with van der Waals surface area (Å²) in [4.78, 5) is 45.7. The lowest BCUT2D eigenvalue weighted by Crippen LogP contribution is -2.49. The van der Waals surface area contributed by atoms with E-state index in [4.69, 9.17) is 17.0 Å². The second-order valence-corrected chi connectivity index (χ2v) is 11.4. The summed E-state index contributed by atoms with van der Waals surface area (Å²) in [6, 6.07) is 15.8. The molecule has 2 saturated heterocycles. The van der Waals surface area contributed by atoms with Crippen molar-refractivity contribution in [3.05, 3.63) is 80.5 Å². The molecule has 0 bridgehead atoms. The van der Waals surface area contributed by atoms with Gasteiger partial charge in [0, 0.05) is 38.1 Å². The Kier molecular flexibility index (Phi) is 8.27. The van der Waals surface area contributed by atoms with Gasteiger partial charge in [-0.1, -0.05) is 72.0 Å². The number of hydrogen-bond donors (Lipinski definition) is 0. The number of anilines is 1. The maximum atomic E-state index is 14.0. The predicted octanol–water partition coefficient (Wildman–Crippen LogP) is 5.01. The van der Waals surface area contributed by atoms with Gasteiger partial charge < -0.3 is 19.1 Å². The Labute approximate surface area is 243 Å². The molecule has 0 unspecified atom stereocenters. The lowest BCUT2D eigenvalue weighted by Gasteiger charge is -2.37. The molecule has 208 valence electrons. The van der Waals surface area contributed by atoms with Crippen LogP contribution in [0.3, 0.4) is 0 Å². The minimum absolute atomic E-state index is 0.159. The van der Waals surface area contributed by atoms with Crippen molar-refractivity contribution in [1.82, 2.24) is 14.4 Å². The number of thiocarbonyl (C=S) groups is 1. The average molecular weight is 577 g/mol. The first kappa shape index (κ1) is 27.9. The minimum atomic E-state index is -0.328. The molecule has 2 aliphatic heterocycles. The first-order valence-electron chi connectivity index (χ1n) is 13.5. The van der Waals surface area contributed by atoms with Crippen LogP contribution in [0.2, 0.25) is 0 Å². The zero-order valence-electron chi connectivity index (χ0n) is 22.9. The maximum absolute atomic E-state index is 14.0.